The number of hydrogen-bond donors (Lipinski definition) is 1. The second kappa shape index (κ2) is 9.17. The number of ether oxygens (including phenoxy) is 2. The molecule has 2 aromatic carbocycles. The van der Waals surface area contributed by atoms with Gasteiger partial charge in [0.25, 0.3) is 5.91 Å². The first-order valence-corrected chi connectivity index (χ1v) is 10.5. The number of anilines is 3. The molecule has 0 aromatic heterocycles. The van der Waals surface area contributed by atoms with Gasteiger partial charge in [0, 0.05) is 37.4 Å². The van der Waals surface area contributed by atoms with Gasteiger partial charge >= 0.3 is 0 Å². The number of amides is 2. The molecule has 2 aliphatic rings. The number of morpholine rings is 1. The van der Waals surface area contributed by atoms with Gasteiger partial charge in [-0.3, -0.25) is 9.59 Å². The van der Waals surface area contributed by atoms with E-state index in [0.717, 1.165) is 43.4 Å². The van der Waals surface area contributed by atoms with Crippen molar-refractivity contribution in [1.82, 2.24) is 0 Å². The molecule has 7 heteroatoms. The molecule has 7 nitrogen and oxygen atoms in total. The van der Waals surface area contributed by atoms with Gasteiger partial charge in [0.05, 0.1) is 18.9 Å². The first-order valence-electron chi connectivity index (χ1n) is 10.5. The van der Waals surface area contributed by atoms with E-state index in [9.17, 15) is 9.59 Å². The van der Waals surface area contributed by atoms with Crippen LogP contribution in [0.5, 0.6) is 5.75 Å². The zero-order chi connectivity index (χ0) is 20.9. The second-order valence-corrected chi connectivity index (χ2v) is 7.42. The van der Waals surface area contributed by atoms with Crippen LogP contribution in [-0.2, 0) is 14.3 Å². The molecular weight excluding hydrogens is 382 g/mol. The number of nitrogens with one attached hydrogen (secondary N) is 1. The summed E-state index contributed by atoms with van der Waals surface area (Å²) in [6, 6.07) is 15.3. The quantitative estimate of drug-likeness (QED) is 0.794. The average molecular weight is 409 g/mol. The molecule has 0 bridgehead atoms. The second-order valence-electron chi connectivity index (χ2n) is 7.42. The molecule has 1 unspecified atom stereocenters. The van der Waals surface area contributed by atoms with Gasteiger partial charge in [0.15, 0.2) is 6.10 Å². The van der Waals surface area contributed by atoms with Crippen LogP contribution in [0.3, 0.4) is 0 Å². The van der Waals surface area contributed by atoms with Crippen LogP contribution in [0.25, 0.3) is 0 Å². The van der Waals surface area contributed by atoms with Gasteiger partial charge < -0.3 is 24.6 Å². The molecule has 0 saturated carbocycles. The molecule has 2 amide bonds. The van der Waals surface area contributed by atoms with E-state index in [1.54, 1.807) is 4.90 Å². The fourth-order valence-electron chi connectivity index (χ4n) is 3.78. The van der Waals surface area contributed by atoms with E-state index in [0.29, 0.717) is 18.7 Å². The Morgan fingerprint density at radius 1 is 1.10 bits per heavy atom. The molecular formula is C23H27N3O4. The molecule has 1 fully saturated rings. The van der Waals surface area contributed by atoms with Gasteiger partial charge in [-0.05, 0) is 42.8 Å². The van der Waals surface area contributed by atoms with Crippen molar-refractivity contribution in [2.75, 3.05) is 48.0 Å². The lowest BCUT2D eigenvalue weighted by molar-refractivity contribution is -0.126. The molecule has 2 aromatic rings. The van der Waals surface area contributed by atoms with Crippen LogP contribution in [0.15, 0.2) is 48.5 Å². The third-order valence-corrected chi connectivity index (χ3v) is 5.43. The number of fused-ring (bicyclic) bond motifs is 1. The highest BCUT2D eigenvalue weighted by Crippen LogP contribution is 2.34. The largest absolute Gasteiger partial charge is 0.478 e. The lowest BCUT2D eigenvalue weighted by atomic mass is 10.1. The summed E-state index contributed by atoms with van der Waals surface area (Å²) in [5, 5.41) is 2.92. The summed E-state index contributed by atoms with van der Waals surface area (Å²) in [7, 11) is 0. The number of benzene rings is 2. The number of nitrogens with zero attached hydrogens (tertiary/aromatic N) is 2. The van der Waals surface area contributed by atoms with Gasteiger partial charge in [-0.2, -0.15) is 0 Å². The lowest BCUT2D eigenvalue weighted by Crippen LogP contribution is -2.46. The Balaban J connectivity index is 1.36. The van der Waals surface area contributed by atoms with Crippen LogP contribution < -0.4 is 19.9 Å². The number of carbonyl (C=O) groups excluding carboxylic acids is 2. The Bertz CT molecular complexity index is 894. The lowest BCUT2D eigenvalue weighted by Gasteiger charge is -2.33. The van der Waals surface area contributed by atoms with Crippen molar-refractivity contribution in [3.8, 4) is 5.75 Å². The predicted molar refractivity (Wildman–Crippen MR) is 116 cm³/mol. The van der Waals surface area contributed by atoms with Crippen LogP contribution >= 0.6 is 0 Å². The first-order chi connectivity index (χ1) is 14.7. The standard InChI is InChI=1S/C23H27N3O4/c1-2-20-23(28)26(19-5-3-4-6-21(19)30-20)12-11-22(27)24-17-7-9-18(10-8-17)25-13-15-29-16-14-25/h3-10,20H,2,11-16H2,1H3,(H,24,27). The van der Waals surface area contributed by atoms with Gasteiger partial charge in [0.2, 0.25) is 5.91 Å². The SMILES string of the molecule is CCC1Oc2ccccc2N(CCC(=O)Nc2ccc(N3CCOCC3)cc2)C1=O. The third kappa shape index (κ3) is 4.41. The molecule has 158 valence electrons. The highest BCUT2D eigenvalue weighted by atomic mass is 16.5. The molecule has 1 N–H and O–H groups in total. The fourth-order valence-corrected chi connectivity index (χ4v) is 3.78. The van der Waals surface area contributed by atoms with E-state index in [4.69, 9.17) is 9.47 Å². The molecule has 1 atom stereocenters. The zero-order valence-corrected chi connectivity index (χ0v) is 17.2. The van der Waals surface area contributed by atoms with Crippen molar-refractivity contribution in [2.24, 2.45) is 0 Å². The van der Waals surface area contributed by atoms with Crippen molar-refractivity contribution >= 4 is 28.9 Å². The van der Waals surface area contributed by atoms with Crippen LogP contribution in [0.4, 0.5) is 17.1 Å². The molecule has 4 rings (SSSR count). The van der Waals surface area contributed by atoms with Gasteiger partial charge in [-0.15, -0.1) is 0 Å². The van der Waals surface area contributed by atoms with Crippen LogP contribution in [0.1, 0.15) is 19.8 Å². The summed E-state index contributed by atoms with van der Waals surface area (Å²) in [5.41, 5.74) is 2.59. The van der Waals surface area contributed by atoms with Gasteiger partial charge in [-0.1, -0.05) is 19.1 Å². The molecule has 0 spiro atoms. The van der Waals surface area contributed by atoms with E-state index in [1.807, 2.05) is 55.5 Å². The number of hydrogen-bond acceptors (Lipinski definition) is 5. The molecule has 0 aliphatic carbocycles. The minimum absolute atomic E-state index is 0.0983. The van der Waals surface area contributed by atoms with E-state index >= 15 is 0 Å². The van der Waals surface area contributed by atoms with E-state index in [-0.39, 0.29) is 18.2 Å². The maximum atomic E-state index is 12.7. The summed E-state index contributed by atoms with van der Waals surface area (Å²) in [6.45, 7) is 5.45. The van der Waals surface area contributed by atoms with Gasteiger partial charge in [0.1, 0.15) is 5.75 Å². The van der Waals surface area contributed by atoms with E-state index in [1.165, 1.54) is 0 Å². The van der Waals surface area contributed by atoms with Crippen LogP contribution in [0.2, 0.25) is 0 Å². The number of rotatable bonds is 6. The summed E-state index contributed by atoms with van der Waals surface area (Å²) in [6.07, 6.45) is 0.295. The Labute approximate surface area is 176 Å². The highest BCUT2D eigenvalue weighted by molar-refractivity contribution is 6.01. The molecule has 2 heterocycles. The maximum Gasteiger partial charge on any atom is 0.268 e. The first kappa shape index (κ1) is 20.2. The van der Waals surface area contributed by atoms with Crippen LogP contribution in [0, 0.1) is 0 Å². The normalized spacial score (nSPS) is 18.6. The Kier molecular flexibility index (Phi) is 6.18. The van der Waals surface area contributed by atoms with Crippen molar-refractivity contribution in [3.05, 3.63) is 48.5 Å². The minimum Gasteiger partial charge on any atom is -0.478 e. The van der Waals surface area contributed by atoms with Crippen molar-refractivity contribution in [3.63, 3.8) is 0 Å². The monoisotopic (exact) mass is 409 g/mol. The van der Waals surface area contributed by atoms with Crippen LogP contribution in [-0.4, -0.2) is 50.8 Å². The average Bonchev–Trinajstić information content (AvgIpc) is 2.79. The molecule has 1 saturated heterocycles. The van der Waals surface area contributed by atoms with Crippen molar-refractivity contribution in [2.45, 2.75) is 25.9 Å². The topological polar surface area (TPSA) is 71.1 Å². The number of carbonyl (C=O) groups is 2. The van der Waals surface area contributed by atoms with E-state index in [2.05, 4.69) is 10.2 Å². The summed E-state index contributed by atoms with van der Waals surface area (Å²) in [4.78, 5) is 29.2. The van der Waals surface area contributed by atoms with Gasteiger partial charge in [-0.25, -0.2) is 0 Å². The predicted octanol–water partition coefficient (Wildman–Crippen LogP) is 3.06. The Morgan fingerprint density at radius 2 is 1.83 bits per heavy atom. The smallest absolute Gasteiger partial charge is 0.268 e. The van der Waals surface area contributed by atoms with Crippen molar-refractivity contribution in [1.29, 1.82) is 0 Å². The molecule has 0 radical (unpaired) electrons. The molecule has 2 aliphatic heterocycles. The maximum absolute atomic E-state index is 12.7. The Morgan fingerprint density at radius 3 is 2.57 bits per heavy atom. The fraction of sp³-hybridized carbons (Fsp3) is 0.391. The molecule has 30 heavy (non-hydrogen) atoms. The zero-order valence-electron chi connectivity index (χ0n) is 17.2. The number of para-hydroxylation sites is 2. The summed E-state index contributed by atoms with van der Waals surface area (Å²) >= 11 is 0. The van der Waals surface area contributed by atoms with Crippen molar-refractivity contribution < 1.29 is 19.1 Å². The third-order valence-electron chi connectivity index (χ3n) is 5.43. The summed E-state index contributed by atoms with van der Waals surface area (Å²) < 4.78 is 11.2. The van der Waals surface area contributed by atoms with E-state index < -0.39 is 6.10 Å². The highest BCUT2D eigenvalue weighted by Gasteiger charge is 2.33. The minimum atomic E-state index is -0.504. The Hall–Kier alpha value is -3.06. The summed E-state index contributed by atoms with van der Waals surface area (Å²) in [5.74, 6) is 0.459.